The van der Waals surface area contributed by atoms with Gasteiger partial charge in [0.15, 0.2) is 9.84 Å². The van der Waals surface area contributed by atoms with Gasteiger partial charge in [0.1, 0.15) is 11.5 Å². The number of rotatable bonds is 6. The summed E-state index contributed by atoms with van der Waals surface area (Å²) in [6.07, 6.45) is 6.48. The summed E-state index contributed by atoms with van der Waals surface area (Å²) in [6.45, 7) is 9.77. The maximum atomic E-state index is 12.6. The Bertz CT molecular complexity index is 1570. The summed E-state index contributed by atoms with van der Waals surface area (Å²) in [4.78, 5) is 17.2. The monoisotopic (exact) mass is 506 g/mol. The average molecular weight is 507 g/mol. The van der Waals surface area contributed by atoms with E-state index in [1.807, 2.05) is 56.8 Å². The van der Waals surface area contributed by atoms with Crippen molar-refractivity contribution in [2.75, 3.05) is 11.6 Å². The SMILES string of the molecule is Cc1cc(CC(=O)Nc2cnn(C(C)(C)C)c2)ccc1Oc1ccnc2cc(C)c(S(C)(=O)=O)cc12. The van der Waals surface area contributed by atoms with Gasteiger partial charge >= 0.3 is 0 Å². The Morgan fingerprint density at radius 3 is 2.44 bits per heavy atom. The molecule has 8 nitrogen and oxygen atoms in total. The Morgan fingerprint density at radius 2 is 1.81 bits per heavy atom. The molecule has 0 saturated heterocycles. The number of nitrogens with zero attached hydrogens (tertiary/aromatic N) is 3. The summed E-state index contributed by atoms with van der Waals surface area (Å²) in [5.74, 6) is 0.981. The number of carbonyl (C=O) groups excluding carboxylic acids is 1. The van der Waals surface area contributed by atoms with Crippen LogP contribution in [0.3, 0.4) is 0 Å². The van der Waals surface area contributed by atoms with Crippen molar-refractivity contribution in [3.63, 3.8) is 0 Å². The molecule has 4 rings (SSSR count). The molecular formula is C27H30N4O4S. The zero-order chi connectivity index (χ0) is 26.3. The third kappa shape index (κ3) is 5.57. The third-order valence-corrected chi connectivity index (χ3v) is 7.01. The molecule has 2 heterocycles. The van der Waals surface area contributed by atoms with Gasteiger partial charge in [0, 0.05) is 24.0 Å². The van der Waals surface area contributed by atoms with Crippen molar-refractivity contribution in [2.24, 2.45) is 0 Å². The predicted octanol–water partition coefficient (Wildman–Crippen LogP) is 5.18. The molecule has 0 bridgehead atoms. The summed E-state index contributed by atoms with van der Waals surface area (Å²) in [7, 11) is -3.40. The summed E-state index contributed by atoms with van der Waals surface area (Å²) in [6, 6.07) is 10.6. The number of ether oxygens (including phenoxy) is 1. The molecule has 1 amide bonds. The van der Waals surface area contributed by atoms with E-state index in [0.29, 0.717) is 33.7 Å². The van der Waals surface area contributed by atoms with Crippen LogP contribution in [0.5, 0.6) is 11.5 Å². The lowest BCUT2D eigenvalue weighted by atomic mass is 10.1. The third-order valence-electron chi connectivity index (χ3n) is 5.78. The van der Waals surface area contributed by atoms with Crippen LogP contribution in [0.1, 0.15) is 37.5 Å². The molecule has 0 radical (unpaired) electrons. The Hall–Kier alpha value is -3.72. The van der Waals surface area contributed by atoms with E-state index < -0.39 is 9.84 Å². The number of carbonyl (C=O) groups is 1. The Balaban J connectivity index is 1.52. The van der Waals surface area contributed by atoms with E-state index in [4.69, 9.17) is 4.74 Å². The molecule has 2 aromatic carbocycles. The van der Waals surface area contributed by atoms with Crippen molar-refractivity contribution >= 4 is 32.3 Å². The number of hydrogen-bond donors (Lipinski definition) is 1. The second kappa shape index (κ2) is 9.39. The molecule has 0 atom stereocenters. The van der Waals surface area contributed by atoms with Crippen molar-refractivity contribution in [1.82, 2.24) is 14.8 Å². The van der Waals surface area contributed by atoms with Gasteiger partial charge in [-0.25, -0.2) is 8.42 Å². The van der Waals surface area contributed by atoms with Crippen LogP contribution in [0.4, 0.5) is 5.69 Å². The molecule has 9 heteroatoms. The minimum absolute atomic E-state index is 0.139. The topological polar surface area (TPSA) is 103 Å². The number of aromatic nitrogens is 3. The number of amides is 1. The molecule has 0 fully saturated rings. The maximum Gasteiger partial charge on any atom is 0.228 e. The molecule has 1 N–H and O–H groups in total. The Labute approximate surface area is 211 Å². The highest BCUT2D eigenvalue weighted by molar-refractivity contribution is 7.90. The Morgan fingerprint density at radius 1 is 1.06 bits per heavy atom. The first-order valence-electron chi connectivity index (χ1n) is 11.5. The van der Waals surface area contributed by atoms with E-state index in [2.05, 4.69) is 15.4 Å². The van der Waals surface area contributed by atoms with E-state index in [0.717, 1.165) is 11.1 Å². The van der Waals surface area contributed by atoms with Gasteiger partial charge in [0.25, 0.3) is 0 Å². The van der Waals surface area contributed by atoms with Crippen LogP contribution in [0, 0.1) is 13.8 Å². The van der Waals surface area contributed by atoms with Crippen LogP contribution in [-0.2, 0) is 26.6 Å². The van der Waals surface area contributed by atoms with E-state index in [1.165, 1.54) is 6.26 Å². The van der Waals surface area contributed by atoms with Gasteiger partial charge in [0.2, 0.25) is 5.91 Å². The molecule has 0 unspecified atom stereocenters. The van der Waals surface area contributed by atoms with Gasteiger partial charge in [-0.15, -0.1) is 0 Å². The average Bonchev–Trinajstić information content (AvgIpc) is 3.23. The van der Waals surface area contributed by atoms with Gasteiger partial charge < -0.3 is 10.1 Å². The van der Waals surface area contributed by atoms with Crippen LogP contribution >= 0.6 is 0 Å². The van der Waals surface area contributed by atoms with Crippen LogP contribution < -0.4 is 10.1 Å². The second-order valence-corrected chi connectivity index (χ2v) is 12.0. The molecule has 0 saturated carbocycles. The maximum absolute atomic E-state index is 12.6. The van der Waals surface area contributed by atoms with Crippen molar-refractivity contribution in [2.45, 2.75) is 51.5 Å². The molecule has 0 aliphatic carbocycles. The highest BCUT2D eigenvalue weighted by atomic mass is 32.2. The smallest absolute Gasteiger partial charge is 0.228 e. The molecule has 2 aromatic heterocycles. The van der Waals surface area contributed by atoms with Crippen LogP contribution in [0.15, 0.2) is 59.9 Å². The fourth-order valence-corrected chi connectivity index (χ4v) is 4.92. The number of hydrogen-bond acceptors (Lipinski definition) is 6. The molecular weight excluding hydrogens is 476 g/mol. The van der Waals surface area contributed by atoms with Gasteiger partial charge in [-0.05, 0) is 75.6 Å². The van der Waals surface area contributed by atoms with Crippen molar-refractivity contribution in [3.05, 3.63) is 71.7 Å². The van der Waals surface area contributed by atoms with Gasteiger partial charge in [-0.1, -0.05) is 12.1 Å². The summed E-state index contributed by atoms with van der Waals surface area (Å²) in [5, 5.41) is 7.81. The van der Waals surface area contributed by atoms with E-state index >= 15 is 0 Å². The Kier molecular flexibility index (Phi) is 6.62. The van der Waals surface area contributed by atoms with E-state index in [9.17, 15) is 13.2 Å². The van der Waals surface area contributed by atoms with Gasteiger partial charge in [-0.2, -0.15) is 5.10 Å². The molecule has 36 heavy (non-hydrogen) atoms. The number of anilines is 1. The van der Waals surface area contributed by atoms with Gasteiger partial charge in [0.05, 0.1) is 34.3 Å². The lowest BCUT2D eigenvalue weighted by Gasteiger charge is -2.18. The zero-order valence-electron chi connectivity index (χ0n) is 21.3. The first-order valence-corrected chi connectivity index (χ1v) is 13.4. The van der Waals surface area contributed by atoms with E-state index in [1.54, 1.807) is 37.5 Å². The number of fused-ring (bicyclic) bond motifs is 1. The summed E-state index contributed by atoms with van der Waals surface area (Å²) < 4.78 is 32.4. The first kappa shape index (κ1) is 25.4. The number of aryl methyl sites for hydroxylation is 2. The summed E-state index contributed by atoms with van der Waals surface area (Å²) >= 11 is 0. The van der Waals surface area contributed by atoms with Crippen LogP contribution in [0.25, 0.3) is 10.9 Å². The minimum Gasteiger partial charge on any atom is -0.456 e. The normalized spacial score (nSPS) is 12.1. The lowest BCUT2D eigenvalue weighted by molar-refractivity contribution is -0.115. The fourth-order valence-electron chi connectivity index (χ4n) is 3.94. The molecule has 188 valence electrons. The largest absolute Gasteiger partial charge is 0.456 e. The molecule has 0 aliphatic heterocycles. The number of sulfone groups is 1. The van der Waals surface area contributed by atoms with Gasteiger partial charge in [-0.3, -0.25) is 14.5 Å². The number of nitrogens with one attached hydrogen (secondary N) is 1. The van der Waals surface area contributed by atoms with Crippen LogP contribution in [-0.4, -0.2) is 35.3 Å². The van der Waals surface area contributed by atoms with Crippen molar-refractivity contribution in [1.29, 1.82) is 0 Å². The standard InChI is InChI=1S/C27H30N4O4S/c1-17-11-19(13-26(32)30-20-15-29-31(16-20)27(3,4)5)7-8-23(17)35-24-9-10-28-22-12-18(2)25(14-21(22)24)36(6,33)34/h7-12,14-16H,13H2,1-6H3,(H,30,32). The van der Waals surface area contributed by atoms with Crippen molar-refractivity contribution < 1.29 is 17.9 Å². The van der Waals surface area contributed by atoms with E-state index in [-0.39, 0.29) is 22.8 Å². The highest BCUT2D eigenvalue weighted by Gasteiger charge is 2.17. The second-order valence-electron chi connectivity index (χ2n) is 9.99. The summed E-state index contributed by atoms with van der Waals surface area (Å²) in [5.41, 5.74) is 3.47. The predicted molar refractivity (Wildman–Crippen MR) is 140 cm³/mol. The minimum atomic E-state index is -3.40. The quantitative estimate of drug-likeness (QED) is 0.386. The molecule has 0 spiro atoms. The zero-order valence-corrected chi connectivity index (χ0v) is 22.1. The fraction of sp³-hybridized carbons (Fsp3) is 0.296. The van der Waals surface area contributed by atoms with Crippen molar-refractivity contribution in [3.8, 4) is 11.5 Å². The molecule has 0 aliphatic rings. The molecule has 4 aromatic rings. The van der Waals surface area contributed by atoms with Crippen LogP contribution in [0.2, 0.25) is 0 Å². The highest BCUT2D eigenvalue weighted by Crippen LogP contribution is 2.33. The lowest BCUT2D eigenvalue weighted by Crippen LogP contribution is -2.22. The number of benzene rings is 2. The number of pyridine rings is 1. The first-order chi connectivity index (χ1) is 16.8.